The number of aromatic carboxylic acids is 1. The number of aromatic nitrogens is 1. The highest BCUT2D eigenvalue weighted by Gasteiger charge is 2.07. The maximum atomic E-state index is 11.7. The normalized spacial score (nSPS) is 9.95. The van der Waals surface area contributed by atoms with Gasteiger partial charge < -0.3 is 15.7 Å². The predicted molar refractivity (Wildman–Crippen MR) is 78.9 cm³/mol. The van der Waals surface area contributed by atoms with E-state index in [4.69, 9.17) is 5.11 Å². The zero-order valence-corrected chi connectivity index (χ0v) is 11.5. The van der Waals surface area contributed by atoms with E-state index in [1.807, 2.05) is 6.92 Å². The summed E-state index contributed by atoms with van der Waals surface area (Å²) in [4.78, 5) is 26.6. The van der Waals surface area contributed by atoms with Gasteiger partial charge in [0.1, 0.15) is 5.69 Å². The standard InChI is InChI=1S/C15H15N3O3/c1-2-16-14(19)13-9-12(6-7-17-13)18-11-5-3-4-10(8-11)15(20)21/h3-9H,2H2,1H3,(H,16,19)(H,17,18)(H,20,21). The molecule has 0 aliphatic carbocycles. The summed E-state index contributed by atoms with van der Waals surface area (Å²) in [7, 11) is 0. The van der Waals surface area contributed by atoms with Crippen LogP contribution in [0.2, 0.25) is 0 Å². The molecule has 1 aromatic carbocycles. The van der Waals surface area contributed by atoms with Crippen molar-refractivity contribution in [1.82, 2.24) is 10.3 Å². The van der Waals surface area contributed by atoms with Crippen LogP contribution < -0.4 is 10.6 Å². The molecule has 0 fully saturated rings. The Morgan fingerprint density at radius 2 is 1.95 bits per heavy atom. The lowest BCUT2D eigenvalue weighted by Gasteiger charge is -2.08. The second-order valence-electron chi connectivity index (χ2n) is 4.30. The van der Waals surface area contributed by atoms with Gasteiger partial charge in [-0.2, -0.15) is 0 Å². The average molecular weight is 285 g/mol. The van der Waals surface area contributed by atoms with E-state index < -0.39 is 5.97 Å². The number of carbonyl (C=O) groups excluding carboxylic acids is 1. The molecule has 0 aliphatic heterocycles. The summed E-state index contributed by atoms with van der Waals surface area (Å²) < 4.78 is 0. The molecule has 1 aromatic heterocycles. The van der Waals surface area contributed by atoms with E-state index >= 15 is 0 Å². The van der Waals surface area contributed by atoms with Crippen molar-refractivity contribution >= 4 is 23.3 Å². The van der Waals surface area contributed by atoms with Gasteiger partial charge in [0.15, 0.2) is 0 Å². The first-order valence-electron chi connectivity index (χ1n) is 6.45. The van der Waals surface area contributed by atoms with E-state index in [-0.39, 0.29) is 11.5 Å². The lowest BCUT2D eigenvalue weighted by atomic mass is 10.2. The Hall–Kier alpha value is -2.89. The van der Waals surface area contributed by atoms with Crippen molar-refractivity contribution in [1.29, 1.82) is 0 Å². The average Bonchev–Trinajstić information content (AvgIpc) is 2.48. The fraction of sp³-hybridized carbons (Fsp3) is 0.133. The first-order chi connectivity index (χ1) is 10.1. The van der Waals surface area contributed by atoms with Crippen LogP contribution in [0.1, 0.15) is 27.8 Å². The lowest BCUT2D eigenvalue weighted by Crippen LogP contribution is -2.23. The van der Waals surface area contributed by atoms with Crippen molar-refractivity contribution in [2.24, 2.45) is 0 Å². The number of nitrogens with zero attached hydrogens (tertiary/aromatic N) is 1. The van der Waals surface area contributed by atoms with Crippen molar-refractivity contribution in [2.45, 2.75) is 6.92 Å². The van der Waals surface area contributed by atoms with Crippen molar-refractivity contribution < 1.29 is 14.7 Å². The Morgan fingerprint density at radius 1 is 1.19 bits per heavy atom. The number of anilines is 2. The number of amides is 1. The first kappa shape index (κ1) is 14.5. The van der Waals surface area contributed by atoms with Crippen LogP contribution in [0.4, 0.5) is 11.4 Å². The van der Waals surface area contributed by atoms with Gasteiger partial charge in [-0.3, -0.25) is 9.78 Å². The molecule has 0 bridgehead atoms. The Labute approximate surface area is 121 Å². The smallest absolute Gasteiger partial charge is 0.335 e. The van der Waals surface area contributed by atoms with Gasteiger partial charge in [-0.1, -0.05) is 6.07 Å². The second kappa shape index (κ2) is 6.51. The predicted octanol–water partition coefficient (Wildman–Crippen LogP) is 2.27. The number of carboxylic acid groups (broad SMARTS) is 1. The van der Waals surface area contributed by atoms with Gasteiger partial charge in [-0.25, -0.2) is 4.79 Å². The molecule has 6 heteroatoms. The van der Waals surface area contributed by atoms with E-state index in [0.29, 0.717) is 23.6 Å². The SMILES string of the molecule is CCNC(=O)c1cc(Nc2cccc(C(=O)O)c2)ccn1. The summed E-state index contributed by atoms with van der Waals surface area (Å²) in [6.07, 6.45) is 1.52. The largest absolute Gasteiger partial charge is 0.478 e. The number of benzene rings is 1. The lowest BCUT2D eigenvalue weighted by molar-refractivity contribution is 0.0696. The molecular weight excluding hydrogens is 270 g/mol. The third-order valence-corrected chi connectivity index (χ3v) is 2.73. The molecule has 0 saturated heterocycles. The quantitative estimate of drug-likeness (QED) is 0.784. The molecule has 108 valence electrons. The van der Waals surface area contributed by atoms with Gasteiger partial charge in [0.2, 0.25) is 0 Å². The molecule has 1 amide bonds. The molecule has 0 aliphatic rings. The van der Waals surface area contributed by atoms with Gasteiger partial charge in [-0.05, 0) is 37.3 Å². The van der Waals surface area contributed by atoms with Gasteiger partial charge in [0, 0.05) is 24.1 Å². The van der Waals surface area contributed by atoms with E-state index in [9.17, 15) is 9.59 Å². The third kappa shape index (κ3) is 3.79. The van der Waals surface area contributed by atoms with Crippen LogP contribution in [-0.2, 0) is 0 Å². The number of nitrogens with one attached hydrogen (secondary N) is 2. The highest BCUT2D eigenvalue weighted by molar-refractivity contribution is 5.93. The number of carboxylic acids is 1. The van der Waals surface area contributed by atoms with Gasteiger partial charge in [-0.15, -0.1) is 0 Å². The number of hydrogen-bond acceptors (Lipinski definition) is 4. The zero-order chi connectivity index (χ0) is 15.2. The molecule has 0 spiro atoms. The number of pyridine rings is 1. The monoisotopic (exact) mass is 285 g/mol. The number of carbonyl (C=O) groups is 2. The molecule has 6 nitrogen and oxygen atoms in total. The van der Waals surface area contributed by atoms with Crippen molar-refractivity contribution in [3.8, 4) is 0 Å². The molecule has 2 aromatic rings. The molecule has 0 atom stereocenters. The van der Waals surface area contributed by atoms with E-state index in [1.54, 1.807) is 24.3 Å². The van der Waals surface area contributed by atoms with Gasteiger partial charge >= 0.3 is 5.97 Å². The molecular formula is C15H15N3O3. The van der Waals surface area contributed by atoms with Crippen LogP contribution in [0.25, 0.3) is 0 Å². The minimum absolute atomic E-state index is 0.193. The molecule has 0 radical (unpaired) electrons. The topological polar surface area (TPSA) is 91.3 Å². The third-order valence-electron chi connectivity index (χ3n) is 2.73. The maximum Gasteiger partial charge on any atom is 0.335 e. The Balaban J connectivity index is 2.20. The molecule has 3 N–H and O–H groups in total. The fourth-order valence-electron chi connectivity index (χ4n) is 1.78. The van der Waals surface area contributed by atoms with E-state index in [2.05, 4.69) is 15.6 Å². The van der Waals surface area contributed by atoms with Crippen LogP contribution in [0.5, 0.6) is 0 Å². The van der Waals surface area contributed by atoms with Crippen LogP contribution >= 0.6 is 0 Å². The van der Waals surface area contributed by atoms with Crippen molar-refractivity contribution in [3.05, 3.63) is 53.9 Å². The minimum Gasteiger partial charge on any atom is -0.478 e. The van der Waals surface area contributed by atoms with Crippen molar-refractivity contribution in [3.63, 3.8) is 0 Å². The van der Waals surface area contributed by atoms with Gasteiger partial charge in [0.05, 0.1) is 5.56 Å². The second-order valence-corrected chi connectivity index (χ2v) is 4.30. The maximum absolute atomic E-state index is 11.7. The van der Waals surface area contributed by atoms with E-state index in [1.165, 1.54) is 18.3 Å². The molecule has 2 rings (SSSR count). The Kier molecular flexibility index (Phi) is 4.50. The van der Waals surface area contributed by atoms with Gasteiger partial charge in [0.25, 0.3) is 5.91 Å². The minimum atomic E-state index is -0.989. The number of rotatable bonds is 5. The Morgan fingerprint density at radius 3 is 2.67 bits per heavy atom. The highest BCUT2D eigenvalue weighted by Crippen LogP contribution is 2.18. The summed E-state index contributed by atoms with van der Waals surface area (Å²) in [6.45, 7) is 2.36. The Bertz CT molecular complexity index is 671. The highest BCUT2D eigenvalue weighted by atomic mass is 16.4. The van der Waals surface area contributed by atoms with Crippen LogP contribution in [-0.4, -0.2) is 28.5 Å². The molecule has 0 unspecified atom stereocenters. The summed E-state index contributed by atoms with van der Waals surface area (Å²) in [6, 6.07) is 9.75. The van der Waals surface area contributed by atoms with Crippen molar-refractivity contribution in [2.75, 3.05) is 11.9 Å². The summed E-state index contributed by atoms with van der Waals surface area (Å²) >= 11 is 0. The molecule has 1 heterocycles. The van der Waals surface area contributed by atoms with Crippen LogP contribution in [0.3, 0.4) is 0 Å². The van der Waals surface area contributed by atoms with Crippen LogP contribution in [0, 0.1) is 0 Å². The summed E-state index contributed by atoms with van der Waals surface area (Å²) in [5.41, 5.74) is 1.78. The summed E-state index contributed by atoms with van der Waals surface area (Å²) in [5, 5.41) is 14.7. The van der Waals surface area contributed by atoms with E-state index in [0.717, 1.165) is 0 Å². The summed E-state index contributed by atoms with van der Waals surface area (Å²) in [5.74, 6) is -1.24. The molecule has 0 saturated carbocycles. The van der Waals surface area contributed by atoms with Crippen LogP contribution in [0.15, 0.2) is 42.6 Å². The fourth-order valence-corrected chi connectivity index (χ4v) is 1.78. The zero-order valence-electron chi connectivity index (χ0n) is 11.5. The first-order valence-corrected chi connectivity index (χ1v) is 6.45. The molecule has 21 heavy (non-hydrogen) atoms. The number of hydrogen-bond donors (Lipinski definition) is 3.